The maximum Gasteiger partial charge on any atom is 0.109 e. The lowest BCUT2D eigenvalue weighted by Gasteiger charge is -2.29. The molecular weight excluding hydrogens is 224 g/mol. The highest BCUT2D eigenvalue weighted by molar-refractivity contribution is 5.13. The Morgan fingerprint density at radius 1 is 1.33 bits per heavy atom. The van der Waals surface area contributed by atoms with E-state index in [0.717, 1.165) is 39.0 Å². The molecule has 3 heteroatoms. The van der Waals surface area contributed by atoms with E-state index in [-0.39, 0.29) is 5.54 Å². The largest absolute Gasteiger partial charge is 0.381 e. The van der Waals surface area contributed by atoms with E-state index in [2.05, 4.69) is 25.2 Å². The minimum Gasteiger partial charge on any atom is -0.381 e. The van der Waals surface area contributed by atoms with Crippen LogP contribution in [0.2, 0.25) is 0 Å². The van der Waals surface area contributed by atoms with Gasteiger partial charge in [0.05, 0.1) is 6.07 Å². The predicted molar refractivity (Wildman–Crippen MR) is 74.3 cm³/mol. The maximum atomic E-state index is 9.44. The molecule has 1 saturated carbocycles. The van der Waals surface area contributed by atoms with Crippen LogP contribution >= 0.6 is 0 Å². The fourth-order valence-corrected chi connectivity index (χ4v) is 2.99. The number of ether oxygens (including phenoxy) is 1. The highest BCUT2D eigenvalue weighted by Crippen LogP contribution is 2.37. The summed E-state index contributed by atoms with van der Waals surface area (Å²) in [6, 6.07) is 2.52. The number of nitrogens with one attached hydrogen (secondary N) is 1. The highest BCUT2D eigenvalue weighted by atomic mass is 16.5. The summed E-state index contributed by atoms with van der Waals surface area (Å²) in [5, 5.41) is 12.8. The van der Waals surface area contributed by atoms with Crippen LogP contribution in [0.1, 0.15) is 58.8 Å². The van der Waals surface area contributed by atoms with Gasteiger partial charge in [-0.05, 0) is 38.1 Å². The summed E-state index contributed by atoms with van der Waals surface area (Å²) in [5.41, 5.74) is -0.276. The van der Waals surface area contributed by atoms with E-state index in [4.69, 9.17) is 4.74 Å². The van der Waals surface area contributed by atoms with Crippen LogP contribution in [0.4, 0.5) is 0 Å². The van der Waals surface area contributed by atoms with Crippen molar-refractivity contribution in [3.63, 3.8) is 0 Å². The Kier molecular flexibility index (Phi) is 7.31. The maximum absolute atomic E-state index is 9.44. The molecule has 0 aliphatic heterocycles. The minimum atomic E-state index is -0.276. The van der Waals surface area contributed by atoms with Crippen molar-refractivity contribution in [2.75, 3.05) is 19.8 Å². The number of unbranched alkanes of at least 4 members (excludes halogenated alkanes) is 2. The van der Waals surface area contributed by atoms with Crippen LogP contribution in [0, 0.1) is 17.2 Å². The molecule has 1 rings (SSSR count). The van der Waals surface area contributed by atoms with Crippen molar-refractivity contribution in [3.8, 4) is 6.07 Å². The third-order valence-corrected chi connectivity index (χ3v) is 4.02. The van der Waals surface area contributed by atoms with E-state index in [1.54, 1.807) is 0 Å². The van der Waals surface area contributed by atoms with Crippen LogP contribution in [0.3, 0.4) is 0 Å². The van der Waals surface area contributed by atoms with Gasteiger partial charge in [-0.3, -0.25) is 5.32 Å². The van der Waals surface area contributed by atoms with E-state index in [1.807, 2.05) is 0 Å². The zero-order valence-corrected chi connectivity index (χ0v) is 12.0. The summed E-state index contributed by atoms with van der Waals surface area (Å²) in [7, 11) is 0. The fraction of sp³-hybridized carbons (Fsp3) is 0.933. The van der Waals surface area contributed by atoms with Crippen molar-refractivity contribution in [2.24, 2.45) is 5.92 Å². The first-order valence-electron chi connectivity index (χ1n) is 7.53. The molecule has 1 fully saturated rings. The first-order chi connectivity index (χ1) is 8.79. The van der Waals surface area contributed by atoms with Crippen molar-refractivity contribution >= 4 is 0 Å². The summed E-state index contributed by atoms with van der Waals surface area (Å²) >= 11 is 0. The van der Waals surface area contributed by atoms with E-state index in [9.17, 15) is 5.26 Å². The minimum absolute atomic E-state index is 0.276. The molecule has 2 atom stereocenters. The van der Waals surface area contributed by atoms with Crippen molar-refractivity contribution in [1.82, 2.24) is 5.32 Å². The van der Waals surface area contributed by atoms with E-state index >= 15 is 0 Å². The van der Waals surface area contributed by atoms with Crippen molar-refractivity contribution in [3.05, 3.63) is 0 Å². The van der Waals surface area contributed by atoms with Crippen LogP contribution in [0.25, 0.3) is 0 Å². The Bertz CT molecular complexity index is 262. The van der Waals surface area contributed by atoms with Gasteiger partial charge in [0.2, 0.25) is 0 Å². The quantitative estimate of drug-likeness (QED) is 0.641. The molecule has 0 spiro atoms. The van der Waals surface area contributed by atoms with E-state index < -0.39 is 0 Å². The molecule has 1 N–H and O–H groups in total. The van der Waals surface area contributed by atoms with Crippen molar-refractivity contribution in [1.29, 1.82) is 5.26 Å². The second kappa shape index (κ2) is 8.50. The zero-order valence-electron chi connectivity index (χ0n) is 12.0. The summed E-state index contributed by atoms with van der Waals surface area (Å²) in [4.78, 5) is 0. The average Bonchev–Trinajstić information content (AvgIpc) is 2.78. The molecule has 18 heavy (non-hydrogen) atoms. The third kappa shape index (κ3) is 4.26. The van der Waals surface area contributed by atoms with Gasteiger partial charge in [-0.25, -0.2) is 0 Å². The molecule has 2 unspecified atom stereocenters. The lowest BCUT2D eigenvalue weighted by Crippen LogP contribution is -2.47. The Morgan fingerprint density at radius 2 is 2.17 bits per heavy atom. The molecule has 0 radical (unpaired) electrons. The summed E-state index contributed by atoms with van der Waals surface area (Å²) in [6.07, 6.45) is 8.01. The summed E-state index contributed by atoms with van der Waals surface area (Å²) < 4.78 is 5.68. The first-order valence-corrected chi connectivity index (χ1v) is 7.53. The van der Waals surface area contributed by atoms with Gasteiger partial charge >= 0.3 is 0 Å². The van der Waals surface area contributed by atoms with Crippen LogP contribution in [0.15, 0.2) is 0 Å². The van der Waals surface area contributed by atoms with Gasteiger partial charge in [-0.1, -0.05) is 33.1 Å². The normalized spacial score (nSPS) is 27.3. The van der Waals surface area contributed by atoms with Crippen LogP contribution in [0.5, 0.6) is 0 Å². The topological polar surface area (TPSA) is 45.0 Å². The Morgan fingerprint density at radius 3 is 2.83 bits per heavy atom. The molecule has 0 bridgehead atoms. The van der Waals surface area contributed by atoms with Gasteiger partial charge in [0.25, 0.3) is 0 Å². The summed E-state index contributed by atoms with van der Waals surface area (Å²) in [6.45, 7) is 6.85. The molecule has 0 heterocycles. The lowest BCUT2D eigenvalue weighted by molar-refractivity contribution is 0.108. The monoisotopic (exact) mass is 252 g/mol. The molecule has 0 aromatic rings. The molecule has 0 aromatic carbocycles. The Labute approximate surface area is 112 Å². The second-order valence-corrected chi connectivity index (χ2v) is 5.31. The van der Waals surface area contributed by atoms with E-state index in [0.29, 0.717) is 5.92 Å². The molecule has 0 saturated heterocycles. The highest BCUT2D eigenvalue weighted by Gasteiger charge is 2.42. The van der Waals surface area contributed by atoms with E-state index in [1.165, 1.54) is 25.7 Å². The van der Waals surface area contributed by atoms with Gasteiger partial charge in [-0.2, -0.15) is 5.26 Å². The smallest absolute Gasteiger partial charge is 0.109 e. The lowest BCUT2D eigenvalue weighted by atomic mass is 9.86. The first kappa shape index (κ1) is 15.5. The number of hydrogen-bond donors (Lipinski definition) is 1. The van der Waals surface area contributed by atoms with Gasteiger partial charge in [0.15, 0.2) is 0 Å². The zero-order chi connectivity index (χ0) is 13.3. The molecule has 1 aliphatic rings. The van der Waals surface area contributed by atoms with Crippen LogP contribution in [-0.2, 0) is 4.74 Å². The van der Waals surface area contributed by atoms with Crippen LogP contribution in [-0.4, -0.2) is 25.3 Å². The molecule has 0 aromatic heterocycles. The number of rotatable bonds is 9. The van der Waals surface area contributed by atoms with Gasteiger partial charge in [-0.15, -0.1) is 0 Å². The van der Waals surface area contributed by atoms with Crippen molar-refractivity contribution < 1.29 is 4.74 Å². The molecule has 1 aliphatic carbocycles. The number of nitriles is 1. The number of hydrogen-bond acceptors (Lipinski definition) is 3. The second-order valence-electron chi connectivity index (χ2n) is 5.31. The number of nitrogens with zero attached hydrogens (tertiary/aromatic N) is 1. The van der Waals surface area contributed by atoms with Crippen molar-refractivity contribution in [2.45, 2.75) is 64.3 Å². The molecular formula is C15H28N2O. The van der Waals surface area contributed by atoms with Gasteiger partial charge in [0.1, 0.15) is 5.54 Å². The van der Waals surface area contributed by atoms with Crippen LogP contribution < -0.4 is 5.32 Å². The SMILES string of the molecule is CCCCCOCCC1CCCC1(C#N)NCC. The average molecular weight is 252 g/mol. The third-order valence-electron chi connectivity index (χ3n) is 4.02. The molecule has 104 valence electrons. The van der Waals surface area contributed by atoms with Gasteiger partial charge < -0.3 is 4.74 Å². The fourth-order valence-electron chi connectivity index (χ4n) is 2.99. The predicted octanol–water partition coefficient (Wildman–Crippen LogP) is 3.26. The molecule has 0 amide bonds. The standard InChI is InChI=1S/C15H28N2O/c1-3-5-6-11-18-12-9-14-8-7-10-15(14,13-16)17-4-2/h14,17H,3-12H2,1-2H3. The Balaban J connectivity index is 2.26. The van der Waals surface area contributed by atoms with Gasteiger partial charge in [0, 0.05) is 13.2 Å². The molecule has 3 nitrogen and oxygen atoms in total. The summed E-state index contributed by atoms with van der Waals surface area (Å²) in [5.74, 6) is 0.466. The Hall–Kier alpha value is -0.590.